The fourth-order valence-corrected chi connectivity index (χ4v) is 1.96. The normalized spacial score (nSPS) is 10.7. The number of halogens is 3. The van der Waals surface area contributed by atoms with Crippen molar-refractivity contribution in [3.8, 4) is 11.8 Å². The van der Waals surface area contributed by atoms with E-state index in [4.69, 9.17) is 5.73 Å². The molecule has 3 nitrogen and oxygen atoms in total. The molecule has 1 aromatic rings. The molecule has 0 fully saturated rings. The molecule has 0 spiro atoms. The lowest BCUT2D eigenvalue weighted by Gasteiger charge is -2.18. The fourth-order valence-electron chi connectivity index (χ4n) is 1.21. The number of thiophene rings is 1. The highest BCUT2D eigenvalue weighted by molar-refractivity contribution is 7.10. The van der Waals surface area contributed by atoms with Crippen LogP contribution in [-0.2, 0) is 0 Å². The second-order valence-electron chi connectivity index (χ2n) is 3.48. The number of nitrogens with zero attached hydrogens (tertiary/aromatic N) is 1. The summed E-state index contributed by atoms with van der Waals surface area (Å²) in [7, 11) is 1.11. The van der Waals surface area contributed by atoms with Gasteiger partial charge in [-0.15, -0.1) is 11.3 Å². The third kappa shape index (κ3) is 4.39. The minimum atomic E-state index is -4.40. The Morgan fingerprint density at radius 2 is 2.22 bits per heavy atom. The first kappa shape index (κ1) is 14.5. The first-order valence-corrected chi connectivity index (χ1v) is 5.81. The molecule has 98 valence electrons. The van der Waals surface area contributed by atoms with Gasteiger partial charge in [0, 0.05) is 12.4 Å². The van der Waals surface area contributed by atoms with E-state index in [1.165, 1.54) is 22.8 Å². The lowest BCUT2D eigenvalue weighted by Crippen LogP contribution is -2.35. The van der Waals surface area contributed by atoms with Crippen LogP contribution in [0.3, 0.4) is 0 Å². The van der Waals surface area contributed by atoms with Crippen LogP contribution >= 0.6 is 11.3 Å². The topological polar surface area (TPSA) is 46.3 Å². The van der Waals surface area contributed by atoms with Crippen LogP contribution in [0, 0.1) is 11.8 Å². The molecule has 0 bridgehead atoms. The molecule has 1 aromatic heterocycles. The van der Waals surface area contributed by atoms with Crippen LogP contribution in [-0.4, -0.2) is 37.1 Å². The predicted octanol–water partition coefficient (Wildman–Crippen LogP) is 1.69. The van der Waals surface area contributed by atoms with Gasteiger partial charge < -0.3 is 10.6 Å². The number of nitrogens with two attached hydrogens (primary N) is 1. The van der Waals surface area contributed by atoms with E-state index in [0.717, 1.165) is 7.05 Å². The molecule has 0 atom stereocenters. The van der Waals surface area contributed by atoms with E-state index < -0.39 is 18.6 Å². The Labute approximate surface area is 106 Å². The third-order valence-corrected chi connectivity index (χ3v) is 2.77. The molecule has 2 N–H and O–H groups in total. The van der Waals surface area contributed by atoms with Crippen molar-refractivity contribution in [3.63, 3.8) is 0 Å². The maximum absolute atomic E-state index is 12.1. The van der Waals surface area contributed by atoms with Gasteiger partial charge >= 0.3 is 6.18 Å². The van der Waals surface area contributed by atoms with Crippen LogP contribution in [0.4, 0.5) is 13.2 Å². The molecular formula is C11H11F3N2OS. The van der Waals surface area contributed by atoms with E-state index in [1.54, 1.807) is 0 Å². The van der Waals surface area contributed by atoms with E-state index in [0.29, 0.717) is 9.78 Å². The molecule has 0 aromatic carbocycles. The molecule has 0 aliphatic carbocycles. The molecule has 0 unspecified atom stereocenters. The number of hydrogen-bond donors (Lipinski definition) is 1. The van der Waals surface area contributed by atoms with Crippen molar-refractivity contribution in [2.45, 2.75) is 6.18 Å². The fraction of sp³-hybridized carbons (Fsp3) is 0.364. The summed E-state index contributed by atoms with van der Waals surface area (Å²) in [5.41, 5.74) is 5.39. The Kier molecular flexibility index (Phi) is 4.76. The zero-order chi connectivity index (χ0) is 13.8. The average Bonchev–Trinajstić information content (AvgIpc) is 2.71. The molecule has 0 aliphatic rings. The Morgan fingerprint density at radius 1 is 1.56 bits per heavy atom. The van der Waals surface area contributed by atoms with E-state index in [1.807, 2.05) is 0 Å². The summed E-state index contributed by atoms with van der Waals surface area (Å²) in [5, 5.41) is 1.48. The zero-order valence-corrected chi connectivity index (χ0v) is 10.4. The highest BCUT2D eigenvalue weighted by atomic mass is 32.1. The SMILES string of the molecule is CN(CC(F)(F)F)C(=O)c1csc(C#CCN)c1. The van der Waals surface area contributed by atoms with Gasteiger partial charge in [-0.2, -0.15) is 13.2 Å². The van der Waals surface area contributed by atoms with E-state index >= 15 is 0 Å². The van der Waals surface area contributed by atoms with E-state index in [-0.39, 0.29) is 12.1 Å². The molecule has 18 heavy (non-hydrogen) atoms. The lowest BCUT2D eigenvalue weighted by molar-refractivity contribution is -0.138. The van der Waals surface area contributed by atoms with Crippen molar-refractivity contribution in [1.29, 1.82) is 0 Å². The number of rotatable bonds is 2. The molecule has 0 saturated heterocycles. The van der Waals surface area contributed by atoms with Crippen LogP contribution in [0.25, 0.3) is 0 Å². The maximum atomic E-state index is 12.1. The smallest absolute Gasteiger partial charge is 0.333 e. The van der Waals surface area contributed by atoms with Crippen molar-refractivity contribution in [2.24, 2.45) is 5.73 Å². The third-order valence-electron chi connectivity index (χ3n) is 1.92. The summed E-state index contributed by atoms with van der Waals surface area (Å²) in [4.78, 5) is 12.9. The van der Waals surface area contributed by atoms with Gasteiger partial charge in [0.15, 0.2) is 0 Å². The van der Waals surface area contributed by atoms with Crippen molar-refractivity contribution in [1.82, 2.24) is 4.90 Å². The predicted molar refractivity (Wildman–Crippen MR) is 63.3 cm³/mol. The number of carbonyl (C=O) groups is 1. The van der Waals surface area contributed by atoms with Gasteiger partial charge in [0.2, 0.25) is 0 Å². The van der Waals surface area contributed by atoms with Gasteiger partial charge in [0.25, 0.3) is 5.91 Å². The molecule has 0 saturated carbocycles. The van der Waals surface area contributed by atoms with Crippen molar-refractivity contribution in [2.75, 3.05) is 20.1 Å². The minimum Gasteiger partial charge on any atom is -0.333 e. The number of carbonyl (C=O) groups excluding carboxylic acids is 1. The summed E-state index contributed by atoms with van der Waals surface area (Å²) in [6.07, 6.45) is -4.40. The molecular weight excluding hydrogens is 265 g/mol. The molecule has 1 rings (SSSR count). The molecule has 1 amide bonds. The van der Waals surface area contributed by atoms with Crippen LogP contribution in [0.2, 0.25) is 0 Å². The highest BCUT2D eigenvalue weighted by Gasteiger charge is 2.31. The Balaban J connectivity index is 2.75. The molecule has 1 heterocycles. The Bertz CT molecular complexity index is 484. The highest BCUT2D eigenvalue weighted by Crippen LogP contribution is 2.19. The summed E-state index contributed by atoms with van der Waals surface area (Å²) in [6, 6.07) is 1.46. The first-order valence-electron chi connectivity index (χ1n) is 4.93. The average molecular weight is 276 g/mol. The number of alkyl halides is 3. The minimum absolute atomic E-state index is 0.190. The van der Waals surface area contributed by atoms with Gasteiger partial charge in [-0.1, -0.05) is 11.8 Å². The second-order valence-corrected chi connectivity index (χ2v) is 4.39. The monoisotopic (exact) mass is 276 g/mol. The Hall–Kier alpha value is -1.52. The summed E-state index contributed by atoms with van der Waals surface area (Å²) >= 11 is 1.20. The largest absolute Gasteiger partial charge is 0.406 e. The molecule has 0 aliphatic heterocycles. The van der Waals surface area contributed by atoms with E-state index in [2.05, 4.69) is 11.8 Å². The Morgan fingerprint density at radius 3 is 2.78 bits per heavy atom. The second kappa shape index (κ2) is 5.89. The van der Waals surface area contributed by atoms with Crippen molar-refractivity contribution < 1.29 is 18.0 Å². The zero-order valence-electron chi connectivity index (χ0n) is 9.54. The van der Waals surface area contributed by atoms with Crippen molar-refractivity contribution >= 4 is 17.2 Å². The number of amides is 1. The lowest BCUT2D eigenvalue weighted by atomic mass is 10.2. The maximum Gasteiger partial charge on any atom is 0.406 e. The van der Waals surface area contributed by atoms with Crippen LogP contribution in [0.1, 0.15) is 15.2 Å². The standard InChI is InChI=1S/C11H11F3N2OS/c1-16(7-11(12,13)14)10(17)8-5-9(18-6-8)3-2-4-15/h5-6H,4,7,15H2,1H3. The van der Waals surface area contributed by atoms with Gasteiger partial charge in [-0.05, 0) is 6.07 Å². The summed E-state index contributed by atoms with van der Waals surface area (Å²) in [6.45, 7) is -1.08. The molecule has 0 radical (unpaired) electrons. The van der Waals surface area contributed by atoms with Gasteiger partial charge in [0.1, 0.15) is 6.54 Å². The quantitative estimate of drug-likeness (QED) is 0.836. The first-order chi connectivity index (χ1) is 8.33. The van der Waals surface area contributed by atoms with E-state index in [9.17, 15) is 18.0 Å². The number of hydrogen-bond acceptors (Lipinski definition) is 3. The van der Waals surface area contributed by atoms with Crippen LogP contribution < -0.4 is 5.73 Å². The van der Waals surface area contributed by atoms with Crippen LogP contribution in [0.15, 0.2) is 11.4 Å². The van der Waals surface area contributed by atoms with Gasteiger partial charge in [-0.25, -0.2) is 0 Å². The van der Waals surface area contributed by atoms with Crippen molar-refractivity contribution in [3.05, 3.63) is 21.9 Å². The van der Waals surface area contributed by atoms with Gasteiger partial charge in [0.05, 0.1) is 17.0 Å². The summed E-state index contributed by atoms with van der Waals surface area (Å²) in [5.74, 6) is 4.65. The van der Waals surface area contributed by atoms with Gasteiger partial charge in [-0.3, -0.25) is 4.79 Å². The molecule has 7 heteroatoms. The summed E-state index contributed by atoms with van der Waals surface area (Å²) < 4.78 is 36.4. The van der Waals surface area contributed by atoms with Crippen LogP contribution in [0.5, 0.6) is 0 Å².